The summed E-state index contributed by atoms with van der Waals surface area (Å²) in [5.74, 6) is -2.19. The monoisotopic (exact) mass is 284 g/mol. The number of nitrogens with two attached hydrogens (primary N) is 1. The standard InChI is InChI=1S/C14H18F2N2O2/c1-2-20-10-3-5-18(6-4-10)14(19)9-7-11(15)13(17)12(16)8-9/h7-8,10H,2-6,17H2,1H3. The van der Waals surface area contributed by atoms with Crippen LogP contribution in [0.5, 0.6) is 0 Å². The number of carbonyl (C=O) groups is 1. The molecule has 1 aliphatic heterocycles. The molecule has 110 valence electrons. The minimum absolute atomic E-state index is 0.0101. The number of likely N-dealkylation sites (tertiary alicyclic amines) is 1. The van der Waals surface area contributed by atoms with Gasteiger partial charge in [-0.2, -0.15) is 0 Å². The van der Waals surface area contributed by atoms with Crippen molar-refractivity contribution in [3.05, 3.63) is 29.3 Å². The summed E-state index contributed by atoms with van der Waals surface area (Å²) >= 11 is 0. The van der Waals surface area contributed by atoms with Gasteiger partial charge in [-0.25, -0.2) is 8.78 Å². The number of piperidine rings is 1. The van der Waals surface area contributed by atoms with Crippen LogP contribution in [0.2, 0.25) is 0 Å². The predicted octanol–water partition coefficient (Wildman–Crippen LogP) is 2.19. The number of hydrogen-bond donors (Lipinski definition) is 1. The predicted molar refractivity (Wildman–Crippen MR) is 71.3 cm³/mol. The number of benzene rings is 1. The van der Waals surface area contributed by atoms with Crippen LogP contribution in [0.4, 0.5) is 14.5 Å². The Balaban J connectivity index is 2.06. The Kier molecular flexibility index (Phi) is 4.54. The van der Waals surface area contributed by atoms with E-state index in [1.165, 1.54) is 0 Å². The minimum atomic E-state index is -0.905. The van der Waals surface area contributed by atoms with E-state index in [0.29, 0.717) is 19.7 Å². The second kappa shape index (κ2) is 6.17. The number of rotatable bonds is 3. The summed E-state index contributed by atoms with van der Waals surface area (Å²) in [6.07, 6.45) is 1.63. The Hall–Kier alpha value is -1.69. The quantitative estimate of drug-likeness (QED) is 0.866. The first-order chi connectivity index (χ1) is 9.52. The summed E-state index contributed by atoms with van der Waals surface area (Å²) in [5, 5.41) is 0. The van der Waals surface area contributed by atoms with Gasteiger partial charge in [0.15, 0.2) is 0 Å². The molecule has 1 fully saturated rings. The lowest BCUT2D eigenvalue weighted by Crippen LogP contribution is -2.41. The minimum Gasteiger partial charge on any atom is -0.394 e. The summed E-state index contributed by atoms with van der Waals surface area (Å²) in [5.41, 5.74) is 4.62. The second-order valence-corrected chi connectivity index (χ2v) is 4.80. The highest BCUT2D eigenvalue weighted by atomic mass is 19.1. The van der Waals surface area contributed by atoms with E-state index in [-0.39, 0.29) is 17.6 Å². The summed E-state index contributed by atoms with van der Waals surface area (Å²) < 4.78 is 32.2. The van der Waals surface area contributed by atoms with Crippen LogP contribution in [0.25, 0.3) is 0 Å². The van der Waals surface area contributed by atoms with Crippen LogP contribution in [0.3, 0.4) is 0 Å². The number of nitrogens with zero attached hydrogens (tertiary/aromatic N) is 1. The number of nitrogen functional groups attached to an aromatic ring is 1. The van der Waals surface area contributed by atoms with E-state index in [9.17, 15) is 13.6 Å². The van der Waals surface area contributed by atoms with E-state index in [2.05, 4.69) is 0 Å². The fraction of sp³-hybridized carbons (Fsp3) is 0.500. The van der Waals surface area contributed by atoms with Crippen molar-refractivity contribution in [1.29, 1.82) is 0 Å². The molecule has 2 rings (SSSR count). The molecule has 0 spiro atoms. The third-order valence-corrected chi connectivity index (χ3v) is 3.46. The van der Waals surface area contributed by atoms with E-state index in [0.717, 1.165) is 25.0 Å². The van der Waals surface area contributed by atoms with Gasteiger partial charge in [0.25, 0.3) is 5.91 Å². The molecule has 0 radical (unpaired) electrons. The highest BCUT2D eigenvalue weighted by Crippen LogP contribution is 2.21. The SMILES string of the molecule is CCOC1CCN(C(=O)c2cc(F)c(N)c(F)c2)CC1. The maximum absolute atomic E-state index is 13.4. The van der Waals surface area contributed by atoms with Gasteiger partial charge in [0.05, 0.1) is 6.10 Å². The zero-order valence-electron chi connectivity index (χ0n) is 11.4. The van der Waals surface area contributed by atoms with Crippen LogP contribution in [-0.2, 0) is 4.74 Å². The van der Waals surface area contributed by atoms with Crippen molar-refractivity contribution in [2.45, 2.75) is 25.9 Å². The first-order valence-electron chi connectivity index (χ1n) is 6.68. The average molecular weight is 284 g/mol. The normalized spacial score (nSPS) is 16.4. The molecule has 0 atom stereocenters. The van der Waals surface area contributed by atoms with Crippen molar-refractivity contribution in [3.8, 4) is 0 Å². The summed E-state index contributed by atoms with van der Waals surface area (Å²) in [6.45, 7) is 3.62. The number of carbonyl (C=O) groups excluding carboxylic acids is 1. The van der Waals surface area contributed by atoms with Crippen molar-refractivity contribution in [1.82, 2.24) is 4.90 Å². The van der Waals surface area contributed by atoms with Gasteiger partial charge >= 0.3 is 0 Å². The molecule has 4 nitrogen and oxygen atoms in total. The van der Waals surface area contributed by atoms with Gasteiger partial charge in [-0.1, -0.05) is 0 Å². The third kappa shape index (κ3) is 3.07. The highest BCUT2D eigenvalue weighted by Gasteiger charge is 2.25. The van der Waals surface area contributed by atoms with E-state index in [4.69, 9.17) is 10.5 Å². The van der Waals surface area contributed by atoms with Crippen LogP contribution in [-0.4, -0.2) is 36.6 Å². The molecule has 6 heteroatoms. The topological polar surface area (TPSA) is 55.6 Å². The molecule has 1 aromatic rings. The Morgan fingerprint density at radius 1 is 1.35 bits per heavy atom. The zero-order valence-corrected chi connectivity index (χ0v) is 11.4. The van der Waals surface area contributed by atoms with E-state index in [1.54, 1.807) is 4.90 Å². The van der Waals surface area contributed by atoms with Gasteiger partial charge < -0.3 is 15.4 Å². The maximum Gasteiger partial charge on any atom is 0.254 e. The summed E-state index contributed by atoms with van der Waals surface area (Å²) in [6, 6.07) is 1.96. The smallest absolute Gasteiger partial charge is 0.254 e. The molecular weight excluding hydrogens is 266 g/mol. The number of amides is 1. The molecule has 0 bridgehead atoms. The Morgan fingerprint density at radius 3 is 2.40 bits per heavy atom. The van der Waals surface area contributed by atoms with Crippen LogP contribution in [0.1, 0.15) is 30.1 Å². The van der Waals surface area contributed by atoms with E-state index in [1.807, 2.05) is 6.92 Å². The molecule has 0 saturated carbocycles. The second-order valence-electron chi connectivity index (χ2n) is 4.80. The number of hydrogen-bond acceptors (Lipinski definition) is 3. The largest absolute Gasteiger partial charge is 0.394 e. The Bertz CT molecular complexity index is 477. The lowest BCUT2D eigenvalue weighted by Gasteiger charge is -2.31. The molecule has 1 heterocycles. The number of halogens is 2. The first kappa shape index (κ1) is 14.7. The highest BCUT2D eigenvalue weighted by molar-refractivity contribution is 5.94. The fourth-order valence-electron chi connectivity index (χ4n) is 2.35. The molecule has 2 N–H and O–H groups in total. The number of ether oxygens (including phenoxy) is 1. The Morgan fingerprint density at radius 2 is 1.90 bits per heavy atom. The van der Waals surface area contributed by atoms with Crippen LogP contribution >= 0.6 is 0 Å². The lowest BCUT2D eigenvalue weighted by molar-refractivity contribution is 0.0146. The summed E-state index contributed by atoms with van der Waals surface area (Å²) in [4.78, 5) is 13.8. The lowest BCUT2D eigenvalue weighted by atomic mass is 10.1. The van der Waals surface area contributed by atoms with Gasteiger partial charge in [-0.05, 0) is 31.9 Å². The molecule has 0 unspecified atom stereocenters. The van der Waals surface area contributed by atoms with Crippen molar-refractivity contribution in [2.75, 3.05) is 25.4 Å². The maximum atomic E-state index is 13.4. The molecule has 1 saturated heterocycles. The molecule has 0 aromatic heterocycles. The molecule has 20 heavy (non-hydrogen) atoms. The number of anilines is 1. The molecule has 1 aliphatic rings. The van der Waals surface area contributed by atoms with Gasteiger partial charge in [0, 0.05) is 25.3 Å². The van der Waals surface area contributed by atoms with Crippen molar-refractivity contribution < 1.29 is 18.3 Å². The zero-order chi connectivity index (χ0) is 14.7. The molecule has 1 amide bonds. The molecule has 0 aliphatic carbocycles. The van der Waals surface area contributed by atoms with Gasteiger partial charge in [0.2, 0.25) is 0 Å². The fourth-order valence-corrected chi connectivity index (χ4v) is 2.35. The van der Waals surface area contributed by atoms with E-state index >= 15 is 0 Å². The van der Waals surface area contributed by atoms with Crippen LogP contribution in [0.15, 0.2) is 12.1 Å². The van der Waals surface area contributed by atoms with Gasteiger partial charge in [-0.15, -0.1) is 0 Å². The molecular formula is C14H18F2N2O2. The van der Waals surface area contributed by atoms with Crippen molar-refractivity contribution >= 4 is 11.6 Å². The van der Waals surface area contributed by atoms with Gasteiger partial charge in [-0.3, -0.25) is 4.79 Å². The first-order valence-corrected chi connectivity index (χ1v) is 6.68. The average Bonchev–Trinajstić information content (AvgIpc) is 2.44. The van der Waals surface area contributed by atoms with Crippen LogP contribution in [0, 0.1) is 11.6 Å². The van der Waals surface area contributed by atoms with Gasteiger partial charge in [0.1, 0.15) is 17.3 Å². The molecule has 1 aromatic carbocycles. The van der Waals surface area contributed by atoms with E-state index < -0.39 is 17.3 Å². The third-order valence-electron chi connectivity index (χ3n) is 3.46. The van der Waals surface area contributed by atoms with Crippen LogP contribution < -0.4 is 5.73 Å². The summed E-state index contributed by atoms with van der Waals surface area (Å²) in [7, 11) is 0. The van der Waals surface area contributed by atoms with Crippen molar-refractivity contribution in [3.63, 3.8) is 0 Å². The Labute approximate surface area is 116 Å². The van der Waals surface area contributed by atoms with Crippen molar-refractivity contribution in [2.24, 2.45) is 0 Å².